The number of hydrogen-bond donors (Lipinski definition) is 0. The molecular formula is C18H23FN2O3S2. The molecule has 0 aliphatic carbocycles. The van der Waals surface area contributed by atoms with Crippen molar-refractivity contribution in [2.45, 2.75) is 38.0 Å². The monoisotopic (exact) mass is 398 g/mol. The maximum absolute atomic E-state index is 13.1. The Morgan fingerprint density at radius 3 is 2.69 bits per heavy atom. The third kappa shape index (κ3) is 4.28. The quantitative estimate of drug-likeness (QED) is 0.762. The fraction of sp³-hybridized carbons (Fsp3) is 0.556. The average Bonchev–Trinajstić information content (AvgIpc) is 3.05. The summed E-state index contributed by atoms with van der Waals surface area (Å²) in [5, 5.41) is 0.555. The number of aliphatic imine (C=N–C) groups is 1. The summed E-state index contributed by atoms with van der Waals surface area (Å²) < 4.78 is 37.1. The molecular weight excluding hydrogens is 375 g/mol. The molecule has 1 amide bonds. The second-order valence-corrected chi connectivity index (χ2v) is 10.3. The Hall–Kier alpha value is -1.41. The van der Waals surface area contributed by atoms with Crippen LogP contribution in [-0.2, 0) is 21.1 Å². The van der Waals surface area contributed by atoms with Gasteiger partial charge in [0.2, 0.25) is 0 Å². The fourth-order valence-electron chi connectivity index (χ4n) is 3.18. The molecule has 0 aromatic heterocycles. The number of benzene rings is 1. The van der Waals surface area contributed by atoms with E-state index in [0.29, 0.717) is 18.1 Å². The molecule has 3 unspecified atom stereocenters. The number of amides is 1. The van der Waals surface area contributed by atoms with Gasteiger partial charge in [-0.3, -0.25) is 4.79 Å². The highest BCUT2D eigenvalue weighted by Gasteiger charge is 2.48. The number of thioether (sulfide) groups is 1. The predicted octanol–water partition coefficient (Wildman–Crippen LogP) is 2.51. The van der Waals surface area contributed by atoms with Crippen molar-refractivity contribution in [3.05, 3.63) is 35.6 Å². The Morgan fingerprint density at radius 2 is 2.04 bits per heavy atom. The van der Waals surface area contributed by atoms with E-state index in [1.807, 2.05) is 18.7 Å². The number of carbonyl (C=O) groups excluding carboxylic acids is 1. The van der Waals surface area contributed by atoms with Crippen molar-refractivity contribution in [1.29, 1.82) is 0 Å². The molecule has 5 nitrogen and oxygen atoms in total. The van der Waals surface area contributed by atoms with Gasteiger partial charge in [0.05, 0.1) is 17.5 Å². The molecule has 142 valence electrons. The molecule has 0 spiro atoms. The van der Waals surface area contributed by atoms with E-state index in [9.17, 15) is 17.6 Å². The van der Waals surface area contributed by atoms with Crippen LogP contribution in [0, 0.1) is 11.7 Å². The van der Waals surface area contributed by atoms with Crippen LogP contribution in [0.3, 0.4) is 0 Å². The smallest absolute Gasteiger partial charge is 0.250 e. The number of nitrogens with zero attached hydrogens (tertiary/aromatic N) is 2. The van der Waals surface area contributed by atoms with Gasteiger partial charge >= 0.3 is 0 Å². The van der Waals surface area contributed by atoms with Crippen LogP contribution in [0.15, 0.2) is 29.3 Å². The minimum Gasteiger partial charge on any atom is -0.346 e. The van der Waals surface area contributed by atoms with Gasteiger partial charge in [0.15, 0.2) is 15.0 Å². The molecule has 1 aromatic rings. The fourth-order valence-corrected chi connectivity index (χ4v) is 7.16. The largest absolute Gasteiger partial charge is 0.346 e. The number of sulfone groups is 1. The van der Waals surface area contributed by atoms with Crippen LogP contribution < -0.4 is 0 Å². The maximum atomic E-state index is 13.1. The highest BCUT2D eigenvalue weighted by atomic mass is 32.2. The molecule has 2 aliphatic rings. The van der Waals surface area contributed by atoms with Crippen LogP contribution in [0.2, 0.25) is 0 Å². The zero-order valence-electron chi connectivity index (χ0n) is 14.9. The van der Waals surface area contributed by atoms with E-state index in [2.05, 4.69) is 4.99 Å². The molecule has 3 atom stereocenters. The molecule has 2 heterocycles. The molecule has 2 aliphatic heterocycles. The second kappa shape index (κ2) is 7.68. The summed E-state index contributed by atoms with van der Waals surface area (Å²) in [6, 6.07) is 6.14. The van der Waals surface area contributed by atoms with Gasteiger partial charge in [0.1, 0.15) is 5.82 Å². The van der Waals surface area contributed by atoms with E-state index < -0.39 is 9.84 Å². The van der Waals surface area contributed by atoms with Crippen LogP contribution in [0.4, 0.5) is 4.39 Å². The first kappa shape index (κ1) is 19.4. The number of halogens is 1. The van der Waals surface area contributed by atoms with Crippen molar-refractivity contribution in [3.8, 4) is 0 Å². The lowest BCUT2D eigenvalue weighted by Crippen LogP contribution is -2.39. The lowest BCUT2D eigenvalue weighted by Gasteiger charge is -2.24. The summed E-state index contributed by atoms with van der Waals surface area (Å²) in [7, 11) is -3.05. The maximum Gasteiger partial charge on any atom is 0.250 e. The van der Waals surface area contributed by atoms with E-state index in [1.165, 1.54) is 23.9 Å². The van der Waals surface area contributed by atoms with E-state index in [4.69, 9.17) is 0 Å². The van der Waals surface area contributed by atoms with E-state index in [0.717, 1.165) is 12.0 Å². The topological polar surface area (TPSA) is 66.8 Å². The van der Waals surface area contributed by atoms with Crippen LogP contribution in [0.1, 0.15) is 25.8 Å². The molecule has 0 radical (unpaired) electrons. The van der Waals surface area contributed by atoms with Gasteiger partial charge in [-0.25, -0.2) is 12.8 Å². The molecule has 2 saturated heterocycles. The van der Waals surface area contributed by atoms with Crippen LogP contribution >= 0.6 is 11.8 Å². The van der Waals surface area contributed by atoms with Gasteiger partial charge in [-0.05, 0) is 30.5 Å². The predicted molar refractivity (Wildman–Crippen MR) is 103 cm³/mol. The second-order valence-electron chi connectivity index (χ2n) is 6.91. The minimum absolute atomic E-state index is 0.0725. The molecule has 2 fully saturated rings. The van der Waals surface area contributed by atoms with Crippen molar-refractivity contribution < 1.29 is 17.6 Å². The van der Waals surface area contributed by atoms with Gasteiger partial charge in [0, 0.05) is 17.7 Å². The Labute approximate surface area is 158 Å². The number of amidine groups is 1. The third-order valence-electron chi connectivity index (χ3n) is 4.97. The summed E-state index contributed by atoms with van der Waals surface area (Å²) in [6.07, 6.45) is 1.36. The SMILES string of the molecule is CCC(C)C(=O)N=C1SC2CS(=O)(=O)CC2N1CCc1ccc(F)cc1. The third-order valence-corrected chi connectivity index (χ3v) is 8.22. The van der Waals surface area contributed by atoms with Crippen molar-refractivity contribution in [3.63, 3.8) is 0 Å². The number of hydrogen-bond acceptors (Lipinski definition) is 4. The summed E-state index contributed by atoms with van der Waals surface area (Å²) >= 11 is 1.40. The zero-order valence-corrected chi connectivity index (χ0v) is 16.5. The zero-order chi connectivity index (χ0) is 18.9. The minimum atomic E-state index is -3.05. The number of rotatable bonds is 5. The normalized spacial score (nSPS) is 26.9. The first-order valence-electron chi connectivity index (χ1n) is 8.79. The number of carbonyl (C=O) groups is 1. The summed E-state index contributed by atoms with van der Waals surface area (Å²) in [4.78, 5) is 18.5. The van der Waals surface area contributed by atoms with Gasteiger partial charge in [0.25, 0.3) is 5.91 Å². The van der Waals surface area contributed by atoms with Crippen LogP contribution in [0.25, 0.3) is 0 Å². The van der Waals surface area contributed by atoms with Gasteiger partial charge < -0.3 is 4.90 Å². The molecule has 0 saturated carbocycles. The summed E-state index contributed by atoms with van der Waals surface area (Å²) in [6.45, 7) is 4.35. The standard InChI is InChI=1S/C18H23FN2O3S2/c1-3-12(2)17(22)20-18-21(9-8-13-4-6-14(19)7-5-13)15-10-26(23,24)11-16(15)25-18/h4-7,12,15-16H,3,8-11H2,1-2H3. The first-order valence-corrected chi connectivity index (χ1v) is 11.5. The summed E-state index contributed by atoms with van der Waals surface area (Å²) in [5.41, 5.74) is 0.966. The van der Waals surface area contributed by atoms with Gasteiger partial charge in [-0.2, -0.15) is 4.99 Å². The molecule has 0 bridgehead atoms. The number of fused-ring (bicyclic) bond motifs is 1. The Morgan fingerprint density at radius 1 is 1.35 bits per heavy atom. The first-order chi connectivity index (χ1) is 12.3. The van der Waals surface area contributed by atoms with E-state index >= 15 is 0 Å². The average molecular weight is 399 g/mol. The Kier molecular flexibility index (Phi) is 5.72. The van der Waals surface area contributed by atoms with E-state index in [-0.39, 0.29) is 40.4 Å². The lowest BCUT2D eigenvalue weighted by molar-refractivity contribution is -0.121. The van der Waals surface area contributed by atoms with E-state index in [1.54, 1.807) is 12.1 Å². The highest BCUT2D eigenvalue weighted by Crippen LogP contribution is 2.38. The lowest BCUT2D eigenvalue weighted by atomic mass is 10.1. The Balaban J connectivity index is 1.79. The Bertz CT molecular complexity index is 808. The molecule has 0 N–H and O–H groups in total. The van der Waals surface area contributed by atoms with Crippen molar-refractivity contribution in [2.75, 3.05) is 18.1 Å². The van der Waals surface area contributed by atoms with Crippen LogP contribution in [0.5, 0.6) is 0 Å². The molecule has 26 heavy (non-hydrogen) atoms. The van der Waals surface area contributed by atoms with Crippen LogP contribution in [-0.4, -0.2) is 53.7 Å². The van der Waals surface area contributed by atoms with Crippen molar-refractivity contribution in [1.82, 2.24) is 4.90 Å². The molecule has 8 heteroatoms. The van der Waals surface area contributed by atoms with Crippen molar-refractivity contribution >= 4 is 32.7 Å². The van der Waals surface area contributed by atoms with Gasteiger partial charge in [-0.15, -0.1) is 0 Å². The van der Waals surface area contributed by atoms with Crippen molar-refractivity contribution in [2.24, 2.45) is 10.9 Å². The molecule has 3 rings (SSSR count). The summed E-state index contributed by atoms with van der Waals surface area (Å²) in [5.74, 6) is -0.360. The molecule has 1 aromatic carbocycles. The van der Waals surface area contributed by atoms with Gasteiger partial charge in [-0.1, -0.05) is 37.7 Å². The highest BCUT2D eigenvalue weighted by molar-refractivity contribution is 8.15.